The zero-order chi connectivity index (χ0) is 26.5. The van der Waals surface area contributed by atoms with E-state index in [1.165, 1.54) is 19.0 Å². The molecule has 186 valence electrons. The molecular weight excluding hydrogens is 499 g/mol. The Kier molecular flexibility index (Phi) is 11.6. The Bertz CT molecular complexity index is 1200. The molecule has 0 aliphatic rings. The topological polar surface area (TPSA) is 94.8 Å². The number of benzene rings is 3. The van der Waals surface area contributed by atoms with E-state index in [4.69, 9.17) is 23.2 Å². The molecule has 9 heteroatoms. The molecule has 3 rings (SSSR count). The fraction of sp³-hybridized carbons (Fsp3) is 0.185. The van der Waals surface area contributed by atoms with E-state index in [9.17, 15) is 14.9 Å². The number of nitriles is 1. The molecule has 0 radical (unpaired) electrons. The van der Waals surface area contributed by atoms with Gasteiger partial charge < -0.3 is 10.1 Å². The molecule has 0 saturated heterocycles. The number of hydrogen-bond donors (Lipinski definition) is 1. The molecule has 7 nitrogen and oxygen atoms in total. The summed E-state index contributed by atoms with van der Waals surface area (Å²) in [5.41, 5.74) is 3.67. The summed E-state index contributed by atoms with van der Waals surface area (Å²) in [5.74, 6) is -0.921. The lowest BCUT2D eigenvalue weighted by Gasteiger charge is -2.19. The fourth-order valence-corrected chi connectivity index (χ4v) is 3.84. The smallest absolute Gasteiger partial charge is 0.244 e. The average Bonchev–Trinajstić information content (AvgIpc) is 2.86. The Labute approximate surface area is 220 Å². The van der Waals surface area contributed by atoms with Gasteiger partial charge in [0.2, 0.25) is 12.3 Å². The molecule has 2 amide bonds. The number of hydrazone groups is 1. The summed E-state index contributed by atoms with van der Waals surface area (Å²) in [5, 5.41) is 18.2. The molecule has 0 fully saturated rings. The van der Waals surface area contributed by atoms with Gasteiger partial charge in [-0.05, 0) is 30.2 Å². The number of amides is 2. The van der Waals surface area contributed by atoms with Gasteiger partial charge in [-0.25, -0.2) is 5.01 Å². The van der Waals surface area contributed by atoms with E-state index in [0.717, 1.165) is 16.7 Å². The lowest BCUT2D eigenvalue weighted by molar-refractivity contribution is -0.116. The van der Waals surface area contributed by atoms with Crippen molar-refractivity contribution < 1.29 is 14.3 Å². The Hall–Kier alpha value is -3.70. The van der Waals surface area contributed by atoms with Gasteiger partial charge in [0.15, 0.2) is 0 Å². The van der Waals surface area contributed by atoms with Crippen LogP contribution in [0.1, 0.15) is 35.1 Å². The third-order valence-corrected chi connectivity index (χ3v) is 5.49. The van der Waals surface area contributed by atoms with Gasteiger partial charge >= 0.3 is 0 Å². The second kappa shape index (κ2) is 14.6. The van der Waals surface area contributed by atoms with Crippen molar-refractivity contribution in [3.05, 3.63) is 99.0 Å². The van der Waals surface area contributed by atoms with E-state index in [-0.39, 0.29) is 5.91 Å². The van der Waals surface area contributed by atoms with Crippen molar-refractivity contribution in [1.29, 1.82) is 5.26 Å². The normalized spacial score (nSPS) is 11.1. The highest BCUT2D eigenvalue weighted by molar-refractivity contribution is 6.36. The molecule has 0 heterocycles. The summed E-state index contributed by atoms with van der Waals surface area (Å²) in [4.78, 5) is 21.6. The predicted molar refractivity (Wildman–Crippen MR) is 143 cm³/mol. The average molecular weight is 525 g/mol. The predicted octanol–water partition coefficient (Wildman–Crippen LogP) is 5.68. The second-order valence-electron chi connectivity index (χ2n) is 7.54. The Balaban J connectivity index is 0.000000678. The van der Waals surface area contributed by atoms with E-state index in [1.807, 2.05) is 61.5 Å². The van der Waals surface area contributed by atoms with Gasteiger partial charge in [0, 0.05) is 29.6 Å². The standard InChI is InChI=1S/C24H19Cl2N3O.C3H7NO2/c1-16-8-10-19(11-9-16)21(14-27)24-22(25)12-20(13-23(24)26)29(17(2)30)28-15-18-6-4-3-5-7-18;1-6-3-4-2-5/h3-13,15,21H,1-2H3;2H,3H2,1H3,(H,4,5)/b28-15+;. The molecule has 3 aromatic carbocycles. The van der Waals surface area contributed by atoms with Crippen LogP contribution in [0.4, 0.5) is 5.69 Å². The summed E-state index contributed by atoms with van der Waals surface area (Å²) in [6.45, 7) is 3.68. The van der Waals surface area contributed by atoms with Crippen LogP contribution in [0.15, 0.2) is 71.8 Å². The van der Waals surface area contributed by atoms with Crippen molar-refractivity contribution >= 4 is 47.4 Å². The van der Waals surface area contributed by atoms with Crippen LogP contribution in [-0.2, 0) is 14.3 Å². The quantitative estimate of drug-likeness (QED) is 0.135. The van der Waals surface area contributed by atoms with E-state index in [0.29, 0.717) is 34.4 Å². The first-order chi connectivity index (χ1) is 17.3. The third-order valence-electron chi connectivity index (χ3n) is 4.87. The highest BCUT2D eigenvalue weighted by Crippen LogP contribution is 2.38. The summed E-state index contributed by atoms with van der Waals surface area (Å²) < 4.78 is 4.44. The number of carbonyl (C=O) groups excluding carboxylic acids is 2. The SMILES string of the molecule is CC(=O)N(/N=C/c1ccccc1)c1cc(Cl)c(C(C#N)c2ccc(C)cc2)c(Cl)c1.COCNC=O. The van der Waals surface area contributed by atoms with Crippen LogP contribution in [-0.4, -0.2) is 32.4 Å². The fourth-order valence-electron chi connectivity index (χ4n) is 3.14. The number of nitrogens with zero attached hydrogens (tertiary/aromatic N) is 3. The highest BCUT2D eigenvalue weighted by Gasteiger charge is 2.23. The minimum atomic E-state index is -0.627. The number of anilines is 1. The first kappa shape index (κ1) is 28.5. The Morgan fingerprint density at radius 3 is 2.22 bits per heavy atom. The van der Waals surface area contributed by atoms with Gasteiger partial charge in [-0.1, -0.05) is 83.4 Å². The highest BCUT2D eigenvalue weighted by atomic mass is 35.5. The number of aryl methyl sites for hydroxylation is 1. The first-order valence-electron chi connectivity index (χ1n) is 10.8. The van der Waals surface area contributed by atoms with Crippen LogP contribution in [0.2, 0.25) is 10.0 Å². The number of hydrogen-bond acceptors (Lipinski definition) is 5. The van der Waals surface area contributed by atoms with Crippen molar-refractivity contribution in [2.24, 2.45) is 5.10 Å². The van der Waals surface area contributed by atoms with Gasteiger partial charge in [-0.15, -0.1) is 0 Å². The maximum Gasteiger partial charge on any atom is 0.244 e. The minimum Gasteiger partial charge on any atom is -0.365 e. The van der Waals surface area contributed by atoms with Crippen LogP contribution < -0.4 is 10.3 Å². The molecule has 0 aliphatic carbocycles. The van der Waals surface area contributed by atoms with Crippen LogP contribution in [0.3, 0.4) is 0 Å². The van der Waals surface area contributed by atoms with E-state index >= 15 is 0 Å². The number of halogens is 2. The van der Waals surface area contributed by atoms with Crippen LogP contribution >= 0.6 is 23.2 Å². The van der Waals surface area contributed by atoms with Crippen LogP contribution in [0.25, 0.3) is 0 Å². The maximum atomic E-state index is 12.2. The third kappa shape index (κ3) is 8.21. The Morgan fingerprint density at radius 2 is 1.75 bits per heavy atom. The van der Waals surface area contributed by atoms with Crippen LogP contribution in [0.5, 0.6) is 0 Å². The van der Waals surface area contributed by atoms with E-state index in [1.54, 1.807) is 18.3 Å². The molecule has 36 heavy (non-hydrogen) atoms. The lowest BCUT2D eigenvalue weighted by Crippen LogP contribution is -2.22. The summed E-state index contributed by atoms with van der Waals surface area (Å²) in [6, 6.07) is 22.5. The molecule has 1 atom stereocenters. The monoisotopic (exact) mass is 524 g/mol. The molecule has 0 aliphatic heterocycles. The molecule has 0 saturated carbocycles. The molecule has 0 spiro atoms. The van der Waals surface area contributed by atoms with Gasteiger partial charge in [0.25, 0.3) is 0 Å². The summed E-state index contributed by atoms with van der Waals surface area (Å²) >= 11 is 13.1. The zero-order valence-electron chi connectivity index (χ0n) is 20.1. The van der Waals surface area contributed by atoms with E-state index in [2.05, 4.69) is 21.2 Å². The molecule has 3 aromatic rings. The molecule has 1 N–H and O–H groups in total. The largest absolute Gasteiger partial charge is 0.365 e. The molecule has 0 aromatic heterocycles. The van der Waals surface area contributed by atoms with Crippen molar-refractivity contribution in [3.63, 3.8) is 0 Å². The van der Waals surface area contributed by atoms with Gasteiger partial charge in [-0.2, -0.15) is 10.4 Å². The number of rotatable bonds is 8. The van der Waals surface area contributed by atoms with Gasteiger partial charge in [0.1, 0.15) is 6.73 Å². The lowest BCUT2D eigenvalue weighted by atomic mass is 9.91. The number of nitrogens with one attached hydrogen (secondary N) is 1. The number of carbonyl (C=O) groups is 2. The maximum absolute atomic E-state index is 12.2. The van der Waals surface area contributed by atoms with Crippen molar-refractivity contribution in [3.8, 4) is 6.07 Å². The van der Waals surface area contributed by atoms with Gasteiger partial charge in [-0.3, -0.25) is 9.59 Å². The molecular formula is C27H26Cl2N4O3. The zero-order valence-corrected chi connectivity index (χ0v) is 21.6. The van der Waals surface area contributed by atoms with E-state index < -0.39 is 5.92 Å². The van der Waals surface area contributed by atoms with Crippen LogP contribution in [0, 0.1) is 18.3 Å². The Morgan fingerprint density at radius 1 is 1.14 bits per heavy atom. The number of ether oxygens (including phenoxy) is 1. The molecule has 0 bridgehead atoms. The molecule has 1 unspecified atom stereocenters. The minimum absolute atomic E-state index is 0.294. The first-order valence-corrected chi connectivity index (χ1v) is 11.6. The van der Waals surface area contributed by atoms with Crippen molar-refractivity contribution in [2.45, 2.75) is 19.8 Å². The van der Waals surface area contributed by atoms with Gasteiger partial charge in [0.05, 0.1) is 23.9 Å². The summed E-state index contributed by atoms with van der Waals surface area (Å²) in [6.07, 6.45) is 2.17. The van der Waals surface area contributed by atoms with Crippen molar-refractivity contribution in [2.75, 3.05) is 18.8 Å². The number of methoxy groups -OCH3 is 1. The summed E-state index contributed by atoms with van der Waals surface area (Å²) in [7, 11) is 1.51. The van der Waals surface area contributed by atoms with Crippen molar-refractivity contribution in [1.82, 2.24) is 5.32 Å². The second-order valence-corrected chi connectivity index (χ2v) is 8.35.